The van der Waals surface area contributed by atoms with E-state index in [0.717, 1.165) is 11.0 Å². The van der Waals surface area contributed by atoms with E-state index in [9.17, 15) is 0 Å². The molecule has 0 aliphatic rings. The highest BCUT2D eigenvalue weighted by Gasteiger charge is 1.68. The van der Waals surface area contributed by atoms with Crippen molar-refractivity contribution in [2.45, 2.75) is 0 Å². The zero-order valence-electron chi connectivity index (χ0n) is 3.24. The van der Waals surface area contributed by atoms with E-state index in [1.54, 1.807) is 0 Å². The Balaban J connectivity index is 2.19. The van der Waals surface area contributed by atoms with Crippen LogP contribution < -0.4 is 5.32 Å². The lowest BCUT2D eigenvalue weighted by molar-refractivity contribution is 0.861. The van der Waals surface area contributed by atoms with Crippen molar-refractivity contribution < 1.29 is 0 Å². The van der Waals surface area contributed by atoms with Crippen LogP contribution in [-0.2, 0) is 0 Å². The van der Waals surface area contributed by atoms with E-state index < -0.39 is 0 Å². The van der Waals surface area contributed by atoms with Crippen molar-refractivity contribution >= 4 is 22.6 Å². The summed E-state index contributed by atoms with van der Waals surface area (Å²) in [5.41, 5.74) is 0. The maximum absolute atomic E-state index is 3.85. The van der Waals surface area contributed by atoms with E-state index in [2.05, 4.69) is 27.9 Å². The molecule has 0 N–H and O–H groups in total. The fraction of sp³-hybridized carbons (Fsp3) is 1.00. The summed E-state index contributed by atoms with van der Waals surface area (Å²) in [6.45, 7) is 1.00. The van der Waals surface area contributed by atoms with Crippen LogP contribution in [0.2, 0.25) is 0 Å². The number of hydrogen-bond acceptors (Lipinski definition) is 0. The van der Waals surface area contributed by atoms with Crippen molar-refractivity contribution in [2.24, 2.45) is 0 Å². The van der Waals surface area contributed by atoms with Crippen LogP contribution in [0.15, 0.2) is 0 Å². The lowest BCUT2D eigenvalue weighted by Gasteiger charge is -1.80. The van der Waals surface area contributed by atoms with E-state index in [-0.39, 0.29) is 0 Å². The number of alkyl halides is 1. The SMILES string of the molecule is C[N]CCI. The van der Waals surface area contributed by atoms with Crippen molar-refractivity contribution in [3.63, 3.8) is 0 Å². The fourth-order valence-electron chi connectivity index (χ4n) is 0.0845. The molecule has 0 aromatic heterocycles. The lowest BCUT2D eigenvalue weighted by atomic mass is 10.8. The molecule has 1 radical (unpaired) electrons. The number of rotatable bonds is 2. The molecule has 0 aromatic carbocycles. The highest BCUT2D eigenvalue weighted by molar-refractivity contribution is 14.1. The van der Waals surface area contributed by atoms with Gasteiger partial charge in [0.1, 0.15) is 0 Å². The van der Waals surface area contributed by atoms with Gasteiger partial charge in [0.05, 0.1) is 0 Å². The lowest BCUT2D eigenvalue weighted by Crippen LogP contribution is -1.98. The first-order chi connectivity index (χ1) is 2.41. The Labute approximate surface area is 46.3 Å². The summed E-state index contributed by atoms with van der Waals surface area (Å²) in [6, 6.07) is 0. The first kappa shape index (κ1) is 5.69. The number of halogens is 1. The van der Waals surface area contributed by atoms with Gasteiger partial charge in [-0.2, -0.15) is 0 Å². The Bertz CT molecular complexity index is 14.4. The molecule has 0 rings (SSSR count). The molecule has 0 saturated heterocycles. The Morgan fingerprint density at radius 1 is 1.80 bits per heavy atom. The van der Waals surface area contributed by atoms with E-state index in [4.69, 9.17) is 0 Å². The first-order valence-corrected chi connectivity index (χ1v) is 3.06. The second kappa shape index (κ2) is 4.69. The molecular weight excluding hydrogens is 177 g/mol. The van der Waals surface area contributed by atoms with Crippen molar-refractivity contribution in [3.05, 3.63) is 0 Å². The summed E-state index contributed by atoms with van der Waals surface area (Å²) in [6.07, 6.45) is 0. The molecule has 0 heterocycles. The van der Waals surface area contributed by atoms with Gasteiger partial charge in [-0.3, -0.25) is 0 Å². The van der Waals surface area contributed by atoms with Crippen molar-refractivity contribution in [3.8, 4) is 0 Å². The summed E-state index contributed by atoms with van der Waals surface area (Å²) in [4.78, 5) is 0. The van der Waals surface area contributed by atoms with Gasteiger partial charge in [0.15, 0.2) is 0 Å². The van der Waals surface area contributed by atoms with Crippen LogP contribution in [0.4, 0.5) is 0 Å². The molecule has 0 unspecified atom stereocenters. The van der Waals surface area contributed by atoms with Crippen molar-refractivity contribution in [1.29, 1.82) is 0 Å². The Morgan fingerprint density at radius 2 is 2.40 bits per heavy atom. The van der Waals surface area contributed by atoms with Crippen LogP contribution in [0.5, 0.6) is 0 Å². The molecule has 2 heteroatoms. The topological polar surface area (TPSA) is 14.1 Å². The van der Waals surface area contributed by atoms with E-state index in [1.807, 2.05) is 7.05 Å². The van der Waals surface area contributed by atoms with Crippen molar-refractivity contribution in [2.75, 3.05) is 18.0 Å². The van der Waals surface area contributed by atoms with Gasteiger partial charge in [0.25, 0.3) is 0 Å². The van der Waals surface area contributed by atoms with Crippen molar-refractivity contribution in [1.82, 2.24) is 5.32 Å². The van der Waals surface area contributed by atoms with E-state index in [0.29, 0.717) is 0 Å². The molecule has 0 saturated carbocycles. The molecule has 0 spiro atoms. The molecule has 1 nitrogen and oxygen atoms in total. The van der Waals surface area contributed by atoms with Gasteiger partial charge >= 0.3 is 0 Å². The van der Waals surface area contributed by atoms with Crippen LogP contribution in [0.1, 0.15) is 0 Å². The Morgan fingerprint density at radius 3 is 2.40 bits per heavy atom. The van der Waals surface area contributed by atoms with E-state index >= 15 is 0 Å². The maximum Gasteiger partial charge on any atom is 0.0219 e. The summed E-state index contributed by atoms with van der Waals surface area (Å²) in [5, 5.41) is 3.85. The highest BCUT2D eigenvalue weighted by atomic mass is 127. The largest absolute Gasteiger partial charge is 0.244 e. The molecule has 0 amide bonds. The quantitative estimate of drug-likeness (QED) is 0.442. The zero-order chi connectivity index (χ0) is 4.12. The Hall–Kier alpha value is 0.690. The summed E-state index contributed by atoms with van der Waals surface area (Å²) in [7, 11) is 1.83. The van der Waals surface area contributed by atoms with Crippen LogP contribution in [0.25, 0.3) is 0 Å². The second-order valence-corrected chi connectivity index (χ2v) is 1.81. The van der Waals surface area contributed by atoms with Gasteiger partial charge < -0.3 is 0 Å². The third-order valence-corrected chi connectivity index (χ3v) is 0.791. The van der Waals surface area contributed by atoms with Gasteiger partial charge in [-0.1, -0.05) is 22.6 Å². The van der Waals surface area contributed by atoms with Crippen LogP contribution >= 0.6 is 22.6 Å². The smallest absolute Gasteiger partial charge is 0.0219 e. The van der Waals surface area contributed by atoms with Gasteiger partial charge in [0.2, 0.25) is 0 Å². The predicted molar refractivity (Wildman–Crippen MR) is 31.8 cm³/mol. The minimum atomic E-state index is 1.00. The minimum absolute atomic E-state index is 1.00. The average Bonchev–Trinajstić information content (AvgIpc) is 1.41. The highest BCUT2D eigenvalue weighted by Crippen LogP contribution is 1.73. The fourth-order valence-corrected chi connectivity index (χ4v) is 0.567. The molecule has 0 aliphatic heterocycles. The summed E-state index contributed by atoms with van der Waals surface area (Å²) >= 11 is 2.29. The van der Waals surface area contributed by atoms with Gasteiger partial charge in [0, 0.05) is 18.0 Å². The Kier molecular flexibility index (Phi) is 5.34. The summed E-state index contributed by atoms with van der Waals surface area (Å²) in [5.74, 6) is 0. The third kappa shape index (κ3) is 4.69. The molecule has 0 fully saturated rings. The third-order valence-electron chi connectivity index (χ3n) is 0.308. The predicted octanol–water partition coefficient (Wildman–Crippen LogP) is 0.656. The summed E-state index contributed by atoms with van der Waals surface area (Å²) < 4.78 is 1.15. The molecule has 0 atom stereocenters. The minimum Gasteiger partial charge on any atom is -0.244 e. The standard InChI is InChI=1S/C3H7IN/c1-5-3-2-4/h2-3H2,1H3. The zero-order valence-corrected chi connectivity index (χ0v) is 5.40. The monoisotopic (exact) mass is 184 g/mol. The second-order valence-electron chi connectivity index (χ2n) is 0.729. The first-order valence-electron chi connectivity index (χ1n) is 1.53. The van der Waals surface area contributed by atoms with Gasteiger partial charge in [-0.05, 0) is 0 Å². The number of nitrogens with zero attached hydrogens (tertiary/aromatic N) is 1. The molecule has 5 heavy (non-hydrogen) atoms. The molecule has 0 aromatic rings. The van der Waals surface area contributed by atoms with Gasteiger partial charge in [-0.15, -0.1) is 0 Å². The van der Waals surface area contributed by atoms with Crippen LogP contribution in [-0.4, -0.2) is 18.0 Å². The molecular formula is C3H7IN. The van der Waals surface area contributed by atoms with Gasteiger partial charge in [-0.25, -0.2) is 5.32 Å². The molecule has 31 valence electrons. The molecule has 0 aliphatic carbocycles. The van der Waals surface area contributed by atoms with Crippen LogP contribution in [0, 0.1) is 0 Å². The molecule has 0 bridgehead atoms. The number of hydrogen-bond donors (Lipinski definition) is 0. The van der Waals surface area contributed by atoms with E-state index in [1.165, 1.54) is 0 Å². The normalized spacial score (nSPS) is 8.40. The van der Waals surface area contributed by atoms with Crippen LogP contribution in [0.3, 0.4) is 0 Å². The average molecular weight is 184 g/mol. The maximum atomic E-state index is 3.85.